The number of benzene rings is 2. The Morgan fingerprint density at radius 2 is 1.90 bits per heavy atom. The van der Waals surface area contributed by atoms with Crippen LogP contribution in [0.25, 0.3) is 0 Å². The molecule has 3 nitrogen and oxygen atoms in total. The largest absolute Gasteiger partial charge is 0.384 e. The second kappa shape index (κ2) is 5.01. The molecule has 2 aromatic carbocycles. The third-order valence-electron chi connectivity index (χ3n) is 4.17. The maximum Gasteiger partial charge on any atom is 0.231 e. The predicted octanol–water partition coefficient (Wildman–Crippen LogP) is 3.44. The van der Waals surface area contributed by atoms with Crippen molar-refractivity contribution in [2.24, 2.45) is 0 Å². The number of aliphatic hydroxyl groups excluding tert-OH is 1. The quantitative estimate of drug-likeness (QED) is 0.886. The SMILES string of the molecule is Cc1cccc(C(O)c2cc(C)c3c(c2)C(C)C(=O)N3)c1. The highest BCUT2D eigenvalue weighted by atomic mass is 16.3. The van der Waals surface area contributed by atoms with Crippen LogP contribution in [-0.2, 0) is 4.79 Å². The van der Waals surface area contributed by atoms with Crippen molar-refractivity contribution in [1.29, 1.82) is 0 Å². The zero-order chi connectivity index (χ0) is 15.1. The fraction of sp³-hybridized carbons (Fsp3) is 0.278. The summed E-state index contributed by atoms with van der Waals surface area (Å²) in [6.07, 6.45) is -0.670. The van der Waals surface area contributed by atoms with Crippen LogP contribution in [0.3, 0.4) is 0 Å². The number of carbonyl (C=O) groups is 1. The number of aryl methyl sites for hydroxylation is 2. The van der Waals surface area contributed by atoms with Crippen LogP contribution in [0.15, 0.2) is 36.4 Å². The van der Waals surface area contributed by atoms with Gasteiger partial charge in [0.1, 0.15) is 6.10 Å². The number of hydrogen-bond acceptors (Lipinski definition) is 2. The van der Waals surface area contributed by atoms with Crippen LogP contribution in [-0.4, -0.2) is 11.0 Å². The number of nitrogens with one attached hydrogen (secondary N) is 1. The third-order valence-corrected chi connectivity index (χ3v) is 4.17. The summed E-state index contributed by atoms with van der Waals surface area (Å²) in [5.41, 5.74) is 5.69. The molecule has 1 aliphatic rings. The zero-order valence-electron chi connectivity index (χ0n) is 12.5. The van der Waals surface area contributed by atoms with Gasteiger partial charge in [-0.2, -0.15) is 0 Å². The van der Waals surface area contributed by atoms with Gasteiger partial charge in [-0.3, -0.25) is 4.79 Å². The molecule has 2 unspecified atom stereocenters. The molecule has 21 heavy (non-hydrogen) atoms. The molecule has 0 aliphatic carbocycles. The first-order valence-electron chi connectivity index (χ1n) is 7.17. The van der Waals surface area contributed by atoms with E-state index in [-0.39, 0.29) is 11.8 Å². The highest BCUT2D eigenvalue weighted by Crippen LogP contribution is 2.37. The number of aliphatic hydroxyl groups is 1. The van der Waals surface area contributed by atoms with Crippen molar-refractivity contribution < 1.29 is 9.90 Å². The molecule has 0 spiro atoms. The van der Waals surface area contributed by atoms with Gasteiger partial charge in [-0.15, -0.1) is 0 Å². The van der Waals surface area contributed by atoms with Gasteiger partial charge in [0.25, 0.3) is 0 Å². The van der Waals surface area contributed by atoms with Crippen molar-refractivity contribution in [1.82, 2.24) is 0 Å². The van der Waals surface area contributed by atoms with Crippen molar-refractivity contribution in [3.8, 4) is 0 Å². The van der Waals surface area contributed by atoms with Gasteiger partial charge in [-0.05, 0) is 49.1 Å². The van der Waals surface area contributed by atoms with Crippen LogP contribution in [0.5, 0.6) is 0 Å². The van der Waals surface area contributed by atoms with Crippen LogP contribution in [0, 0.1) is 13.8 Å². The molecule has 3 heteroatoms. The van der Waals surface area contributed by atoms with Crippen LogP contribution >= 0.6 is 0 Å². The second-order valence-corrected chi connectivity index (χ2v) is 5.83. The highest BCUT2D eigenvalue weighted by molar-refractivity contribution is 6.03. The Morgan fingerprint density at radius 1 is 1.14 bits per heavy atom. The number of fused-ring (bicyclic) bond motifs is 1. The number of anilines is 1. The molecule has 0 aromatic heterocycles. The van der Waals surface area contributed by atoms with Crippen molar-refractivity contribution in [2.45, 2.75) is 32.8 Å². The van der Waals surface area contributed by atoms with Gasteiger partial charge in [0.15, 0.2) is 0 Å². The Balaban J connectivity index is 2.05. The van der Waals surface area contributed by atoms with E-state index in [1.165, 1.54) is 0 Å². The molecule has 2 aromatic rings. The maximum atomic E-state index is 11.8. The van der Waals surface area contributed by atoms with Gasteiger partial charge >= 0.3 is 0 Å². The average molecular weight is 281 g/mol. The van der Waals surface area contributed by atoms with E-state index in [2.05, 4.69) is 5.32 Å². The summed E-state index contributed by atoms with van der Waals surface area (Å²) in [5, 5.41) is 13.5. The van der Waals surface area contributed by atoms with Crippen molar-refractivity contribution in [2.75, 3.05) is 5.32 Å². The van der Waals surface area contributed by atoms with Crippen molar-refractivity contribution in [3.63, 3.8) is 0 Å². The highest BCUT2D eigenvalue weighted by Gasteiger charge is 2.29. The van der Waals surface area contributed by atoms with Crippen LogP contribution < -0.4 is 5.32 Å². The Morgan fingerprint density at radius 3 is 2.62 bits per heavy atom. The maximum absolute atomic E-state index is 11.8. The minimum absolute atomic E-state index is 0.0234. The van der Waals surface area contributed by atoms with Gasteiger partial charge in [0, 0.05) is 5.69 Å². The summed E-state index contributed by atoms with van der Waals surface area (Å²) in [6, 6.07) is 11.8. The molecule has 0 saturated carbocycles. The monoisotopic (exact) mass is 281 g/mol. The molecule has 108 valence electrons. The van der Waals surface area contributed by atoms with Crippen LogP contribution in [0.4, 0.5) is 5.69 Å². The molecule has 2 N–H and O–H groups in total. The van der Waals surface area contributed by atoms with Crippen LogP contribution in [0.1, 0.15) is 46.8 Å². The summed E-state index contributed by atoms with van der Waals surface area (Å²) in [7, 11) is 0. The normalized spacial score (nSPS) is 18.3. The lowest BCUT2D eigenvalue weighted by atomic mass is 9.93. The summed E-state index contributed by atoms with van der Waals surface area (Å²) < 4.78 is 0. The molecular weight excluding hydrogens is 262 g/mol. The van der Waals surface area contributed by atoms with Gasteiger partial charge < -0.3 is 10.4 Å². The van der Waals surface area contributed by atoms with E-state index in [0.717, 1.165) is 33.5 Å². The lowest BCUT2D eigenvalue weighted by Gasteiger charge is -2.15. The van der Waals surface area contributed by atoms with E-state index in [4.69, 9.17) is 0 Å². The van der Waals surface area contributed by atoms with Crippen molar-refractivity contribution >= 4 is 11.6 Å². The molecule has 1 amide bonds. The first-order chi connectivity index (χ1) is 9.97. The lowest BCUT2D eigenvalue weighted by Crippen LogP contribution is -2.08. The Kier molecular flexibility index (Phi) is 3.30. The predicted molar refractivity (Wildman–Crippen MR) is 83.5 cm³/mol. The molecule has 0 fully saturated rings. The summed E-state index contributed by atoms with van der Waals surface area (Å²) in [6.45, 7) is 5.86. The average Bonchev–Trinajstić information content (AvgIpc) is 2.75. The van der Waals surface area contributed by atoms with Gasteiger partial charge in [0.05, 0.1) is 5.92 Å². The van der Waals surface area contributed by atoms with E-state index in [1.807, 2.05) is 57.2 Å². The van der Waals surface area contributed by atoms with E-state index >= 15 is 0 Å². The van der Waals surface area contributed by atoms with E-state index in [0.29, 0.717) is 0 Å². The zero-order valence-corrected chi connectivity index (χ0v) is 12.5. The number of rotatable bonds is 2. The molecule has 1 aliphatic heterocycles. The number of amides is 1. The van der Waals surface area contributed by atoms with E-state index in [9.17, 15) is 9.90 Å². The molecule has 0 bridgehead atoms. The third kappa shape index (κ3) is 2.34. The lowest BCUT2D eigenvalue weighted by molar-refractivity contribution is -0.116. The molecule has 3 rings (SSSR count). The first kappa shape index (κ1) is 13.8. The van der Waals surface area contributed by atoms with Gasteiger partial charge in [-0.1, -0.05) is 35.9 Å². The van der Waals surface area contributed by atoms with Gasteiger partial charge in [-0.25, -0.2) is 0 Å². The summed E-state index contributed by atoms with van der Waals surface area (Å²) in [4.78, 5) is 11.8. The first-order valence-corrected chi connectivity index (χ1v) is 7.17. The molecular formula is C18H19NO2. The molecule has 0 saturated heterocycles. The Hall–Kier alpha value is -2.13. The molecule has 1 heterocycles. The Bertz CT molecular complexity index is 721. The molecule has 0 radical (unpaired) electrons. The number of carbonyl (C=O) groups excluding carboxylic acids is 1. The number of hydrogen-bond donors (Lipinski definition) is 2. The van der Waals surface area contributed by atoms with E-state index in [1.54, 1.807) is 0 Å². The second-order valence-electron chi connectivity index (χ2n) is 5.83. The minimum atomic E-state index is -0.670. The minimum Gasteiger partial charge on any atom is -0.384 e. The summed E-state index contributed by atoms with van der Waals surface area (Å²) in [5.74, 6) is -0.140. The fourth-order valence-corrected chi connectivity index (χ4v) is 2.92. The summed E-state index contributed by atoms with van der Waals surface area (Å²) >= 11 is 0. The van der Waals surface area contributed by atoms with Crippen LogP contribution in [0.2, 0.25) is 0 Å². The standard InChI is InChI=1S/C18H19NO2/c1-10-5-4-6-13(7-10)17(20)14-8-11(2)16-15(9-14)12(3)18(21)19-16/h4-9,12,17,20H,1-3H3,(H,19,21). The molecule has 2 atom stereocenters. The van der Waals surface area contributed by atoms with Gasteiger partial charge in [0.2, 0.25) is 5.91 Å². The smallest absolute Gasteiger partial charge is 0.231 e. The van der Waals surface area contributed by atoms with E-state index < -0.39 is 6.10 Å². The van der Waals surface area contributed by atoms with Crippen molar-refractivity contribution in [3.05, 3.63) is 64.2 Å². The topological polar surface area (TPSA) is 49.3 Å². The fourth-order valence-electron chi connectivity index (χ4n) is 2.92. The Labute approximate surface area is 124 Å².